The Kier molecular flexibility index (Phi) is 5.71. The molecule has 1 heterocycles. The summed E-state index contributed by atoms with van der Waals surface area (Å²) in [6, 6.07) is 15.5. The zero-order chi connectivity index (χ0) is 18.5. The molecule has 26 heavy (non-hydrogen) atoms. The third-order valence-electron chi connectivity index (χ3n) is 5.08. The summed E-state index contributed by atoms with van der Waals surface area (Å²) >= 11 is 0. The lowest BCUT2D eigenvalue weighted by Crippen LogP contribution is -2.38. The summed E-state index contributed by atoms with van der Waals surface area (Å²) in [7, 11) is 0. The van der Waals surface area contributed by atoms with Gasteiger partial charge in [0.15, 0.2) is 0 Å². The van der Waals surface area contributed by atoms with E-state index in [1.54, 1.807) is 0 Å². The van der Waals surface area contributed by atoms with Gasteiger partial charge in [-0.25, -0.2) is 0 Å². The van der Waals surface area contributed by atoms with Crippen molar-refractivity contribution in [3.8, 4) is 0 Å². The van der Waals surface area contributed by atoms with Gasteiger partial charge >= 0.3 is 0 Å². The average molecular weight is 350 g/mol. The van der Waals surface area contributed by atoms with E-state index in [9.17, 15) is 9.59 Å². The average Bonchev–Trinajstić information content (AvgIpc) is 2.91. The van der Waals surface area contributed by atoms with Crippen molar-refractivity contribution in [3.05, 3.63) is 70.8 Å². The van der Waals surface area contributed by atoms with Gasteiger partial charge in [0, 0.05) is 31.7 Å². The maximum Gasteiger partial charge on any atom is 0.253 e. The summed E-state index contributed by atoms with van der Waals surface area (Å²) in [6.45, 7) is 6.74. The zero-order valence-corrected chi connectivity index (χ0v) is 15.6. The van der Waals surface area contributed by atoms with Crippen molar-refractivity contribution in [2.75, 3.05) is 26.2 Å². The van der Waals surface area contributed by atoms with Crippen LogP contribution in [-0.4, -0.2) is 47.8 Å². The van der Waals surface area contributed by atoms with Gasteiger partial charge in [-0.05, 0) is 49.1 Å². The number of carbonyl (C=O) groups excluding carboxylic acids is 2. The van der Waals surface area contributed by atoms with E-state index in [4.69, 9.17) is 0 Å². The highest BCUT2D eigenvalue weighted by molar-refractivity contribution is 5.94. The van der Waals surface area contributed by atoms with Crippen molar-refractivity contribution in [1.82, 2.24) is 9.80 Å². The molecule has 1 aliphatic rings. The van der Waals surface area contributed by atoms with Crippen LogP contribution in [0.2, 0.25) is 0 Å². The van der Waals surface area contributed by atoms with Crippen molar-refractivity contribution in [3.63, 3.8) is 0 Å². The normalized spacial score (nSPS) is 14.8. The Hall–Kier alpha value is -2.62. The molecule has 0 saturated carbocycles. The van der Waals surface area contributed by atoms with Gasteiger partial charge in [-0.2, -0.15) is 0 Å². The summed E-state index contributed by atoms with van der Waals surface area (Å²) in [5.74, 6) is 0.191. The molecule has 0 bridgehead atoms. The second-order valence-electron chi connectivity index (χ2n) is 6.99. The molecule has 2 aromatic rings. The third-order valence-corrected chi connectivity index (χ3v) is 5.08. The highest BCUT2D eigenvalue weighted by Gasteiger charge is 2.22. The van der Waals surface area contributed by atoms with Crippen LogP contribution in [-0.2, 0) is 11.2 Å². The smallest absolute Gasteiger partial charge is 0.253 e. The van der Waals surface area contributed by atoms with Crippen LogP contribution in [0.4, 0.5) is 0 Å². The van der Waals surface area contributed by atoms with Crippen LogP contribution < -0.4 is 0 Å². The number of benzene rings is 2. The first-order chi connectivity index (χ1) is 12.5. The van der Waals surface area contributed by atoms with Crippen molar-refractivity contribution < 1.29 is 9.59 Å². The van der Waals surface area contributed by atoms with Gasteiger partial charge in [0.2, 0.25) is 5.91 Å². The first-order valence-corrected chi connectivity index (χ1v) is 9.23. The predicted octanol–water partition coefficient (Wildman–Crippen LogP) is 3.22. The van der Waals surface area contributed by atoms with Gasteiger partial charge in [0.1, 0.15) is 0 Å². The SMILES string of the molecule is Cc1ccc(CC(=O)N2CCCN(C(=O)c3ccccc3)CC2)cc1C. The molecule has 0 spiro atoms. The summed E-state index contributed by atoms with van der Waals surface area (Å²) in [5.41, 5.74) is 4.22. The monoisotopic (exact) mass is 350 g/mol. The Balaban J connectivity index is 1.60. The molecule has 2 amide bonds. The summed E-state index contributed by atoms with van der Waals surface area (Å²) < 4.78 is 0. The quantitative estimate of drug-likeness (QED) is 0.853. The summed E-state index contributed by atoms with van der Waals surface area (Å²) in [6.07, 6.45) is 1.24. The molecule has 136 valence electrons. The minimum Gasteiger partial charge on any atom is -0.341 e. The van der Waals surface area contributed by atoms with E-state index in [1.807, 2.05) is 46.2 Å². The van der Waals surface area contributed by atoms with Crippen molar-refractivity contribution >= 4 is 11.8 Å². The largest absolute Gasteiger partial charge is 0.341 e. The molecule has 4 nitrogen and oxygen atoms in total. The molecule has 0 unspecified atom stereocenters. The fourth-order valence-electron chi connectivity index (χ4n) is 3.33. The van der Waals surface area contributed by atoms with E-state index >= 15 is 0 Å². The van der Waals surface area contributed by atoms with E-state index < -0.39 is 0 Å². The Morgan fingerprint density at radius 3 is 2.27 bits per heavy atom. The van der Waals surface area contributed by atoms with Crippen LogP contribution in [0.25, 0.3) is 0 Å². The van der Waals surface area contributed by atoms with E-state index in [0.29, 0.717) is 38.2 Å². The van der Waals surface area contributed by atoms with Gasteiger partial charge in [0.05, 0.1) is 6.42 Å². The van der Waals surface area contributed by atoms with Gasteiger partial charge < -0.3 is 9.80 Å². The standard InChI is InChI=1S/C22H26N2O2/c1-17-9-10-19(15-18(17)2)16-21(25)23-11-6-12-24(14-13-23)22(26)20-7-4-3-5-8-20/h3-5,7-10,15H,6,11-14,16H2,1-2H3. The lowest BCUT2D eigenvalue weighted by atomic mass is 10.0. The van der Waals surface area contributed by atoms with Crippen LogP contribution in [0.5, 0.6) is 0 Å². The maximum atomic E-state index is 12.7. The molecule has 0 N–H and O–H groups in total. The minimum atomic E-state index is 0.0501. The molecule has 1 fully saturated rings. The summed E-state index contributed by atoms with van der Waals surface area (Å²) in [5, 5.41) is 0. The third kappa shape index (κ3) is 4.31. The second-order valence-corrected chi connectivity index (χ2v) is 6.99. The minimum absolute atomic E-state index is 0.0501. The Morgan fingerprint density at radius 1 is 0.846 bits per heavy atom. The molecule has 0 atom stereocenters. The number of aryl methyl sites for hydroxylation is 2. The molecule has 0 aliphatic carbocycles. The Labute approximate surface area is 155 Å². The van der Waals surface area contributed by atoms with Gasteiger partial charge in [-0.1, -0.05) is 36.4 Å². The number of rotatable bonds is 3. The predicted molar refractivity (Wildman–Crippen MR) is 103 cm³/mol. The van der Waals surface area contributed by atoms with Gasteiger partial charge in [-0.15, -0.1) is 0 Å². The molecule has 0 aromatic heterocycles. The van der Waals surface area contributed by atoms with E-state index in [2.05, 4.69) is 26.0 Å². The molecule has 2 aromatic carbocycles. The lowest BCUT2D eigenvalue weighted by molar-refractivity contribution is -0.130. The van der Waals surface area contributed by atoms with E-state index in [-0.39, 0.29) is 11.8 Å². The molecule has 1 aliphatic heterocycles. The van der Waals surface area contributed by atoms with Crippen LogP contribution in [0.15, 0.2) is 48.5 Å². The Morgan fingerprint density at radius 2 is 1.54 bits per heavy atom. The topological polar surface area (TPSA) is 40.6 Å². The van der Waals surface area contributed by atoms with Crippen LogP contribution >= 0.6 is 0 Å². The van der Waals surface area contributed by atoms with E-state index in [0.717, 1.165) is 12.0 Å². The number of hydrogen-bond acceptors (Lipinski definition) is 2. The number of hydrogen-bond donors (Lipinski definition) is 0. The van der Waals surface area contributed by atoms with Crippen molar-refractivity contribution in [2.45, 2.75) is 26.7 Å². The Bertz CT molecular complexity index is 786. The fraction of sp³-hybridized carbons (Fsp3) is 0.364. The molecular weight excluding hydrogens is 324 g/mol. The molecular formula is C22H26N2O2. The highest BCUT2D eigenvalue weighted by Crippen LogP contribution is 2.13. The van der Waals surface area contributed by atoms with Gasteiger partial charge in [0.25, 0.3) is 5.91 Å². The first-order valence-electron chi connectivity index (χ1n) is 9.23. The van der Waals surface area contributed by atoms with Gasteiger partial charge in [-0.3, -0.25) is 9.59 Å². The van der Waals surface area contributed by atoms with Crippen LogP contribution in [0, 0.1) is 13.8 Å². The molecule has 3 rings (SSSR count). The van der Waals surface area contributed by atoms with Crippen molar-refractivity contribution in [1.29, 1.82) is 0 Å². The fourth-order valence-corrected chi connectivity index (χ4v) is 3.33. The van der Waals surface area contributed by atoms with Crippen LogP contribution in [0.1, 0.15) is 33.5 Å². The second kappa shape index (κ2) is 8.17. The number of amides is 2. The molecule has 4 heteroatoms. The van der Waals surface area contributed by atoms with Crippen LogP contribution in [0.3, 0.4) is 0 Å². The summed E-state index contributed by atoms with van der Waals surface area (Å²) in [4.78, 5) is 29.1. The molecule has 1 saturated heterocycles. The number of nitrogens with zero attached hydrogens (tertiary/aromatic N) is 2. The lowest BCUT2D eigenvalue weighted by Gasteiger charge is -2.22. The number of carbonyl (C=O) groups is 2. The van der Waals surface area contributed by atoms with Crippen molar-refractivity contribution in [2.24, 2.45) is 0 Å². The highest BCUT2D eigenvalue weighted by atomic mass is 16.2. The zero-order valence-electron chi connectivity index (χ0n) is 15.6. The maximum absolute atomic E-state index is 12.7. The molecule has 0 radical (unpaired) electrons. The first kappa shape index (κ1) is 18.2. The van der Waals surface area contributed by atoms with E-state index in [1.165, 1.54) is 11.1 Å².